The van der Waals surface area contributed by atoms with Crippen LogP contribution in [0.15, 0.2) is 42.7 Å². The van der Waals surface area contributed by atoms with E-state index < -0.39 is 35.2 Å². The number of fused-ring (bicyclic) bond motifs is 1. The number of nitrogens with zero attached hydrogens (tertiary/aromatic N) is 3. The highest BCUT2D eigenvalue weighted by Gasteiger charge is 2.31. The fourth-order valence-electron chi connectivity index (χ4n) is 2.11. The molecule has 0 radical (unpaired) electrons. The number of esters is 1. The topological polar surface area (TPSA) is 94.1 Å². The van der Waals surface area contributed by atoms with Gasteiger partial charge < -0.3 is 10.1 Å². The van der Waals surface area contributed by atoms with E-state index in [0.29, 0.717) is 23.3 Å². The number of carbonyl (C=O) groups is 2. The van der Waals surface area contributed by atoms with Gasteiger partial charge in [-0.25, -0.2) is 14.8 Å². The molecule has 0 bridgehead atoms. The van der Waals surface area contributed by atoms with Crippen LogP contribution in [0.4, 0.5) is 19.0 Å². The van der Waals surface area contributed by atoms with Crippen LogP contribution in [0.5, 0.6) is 0 Å². The highest BCUT2D eigenvalue weighted by molar-refractivity contribution is 6.33. The molecule has 0 saturated carbocycles. The van der Waals surface area contributed by atoms with Crippen LogP contribution in [0.1, 0.15) is 16.1 Å². The predicted molar refractivity (Wildman–Crippen MR) is 92.7 cm³/mol. The Balaban J connectivity index is 1.61. The Labute approximate surface area is 160 Å². The van der Waals surface area contributed by atoms with E-state index in [-0.39, 0.29) is 11.5 Å². The van der Waals surface area contributed by atoms with E-state index in [1.54, 1.807) is 24.3 Å². The van der Waals surface area contributed by atoms with Crippen LogP contribution >= 0.6 is 11.6 Å². The summed E-state index contributed by atoms with van der Waals surface area (Å²) in [7, 11) is 0. The second-order valence-corrected chi connectivity index (χ2v) is 5.83. The summed E-state index contributed by atoms with van der Waals surface area (Å²) in [5.41, 5.74) is -0.101. The number of carbonyl (C=O) groups excluding carboxylic acids is 2. The molecule has 0 atom stereocenters. The quantitative estimate of drug-likeness (QED) is 0.662. The minimum Gasteiger partial charge on any atom is -0.451 e. The van der Waals surface area contributed by atoms with Crippen molar-refractivity contribution in [3.8, 4) is 0 Å². The second kappa shape index (κ2) is 7.77. The van der Waals surface area contributed by atoms with Gasteiger partial charge in [-0.3, -0.25) is 9.78 Å². The molecule has 3 aromatic rings. The molecule has 1 amide bonds. The molecule has 11 heteroatoms. The third-order valence-corrected chi connectivity index (χ3v) is 3.71. The average Bonchev–Trinajstić information content (AvgIpc) is 2.66. The van der Waals surface area contributed by atoms with Crippen molar-refractivity contribution in [1.29, 1.82) is 0 Å². The number of hydrogen-bond acceptors (Lipinski definition) is 6. The first-order valence-electron chi connectivity index (χ1n) is 7.65. The number of alkyl halides is 3. The minimum atomic E-state index is -4.62. The smallest absolute Gasteiger partial charge is 0.417 e. The number of rotatable bonds is 4. The Morgan fingerprint density at radius 1 is 1.11 bits per heavy atom. The molecule has 1 N–H and O–H groups in total. The van der Waals surface area contributed by atoms with Gasteiger partial charge in [0.1, 0.15) is 0 Å². The molecule has 0 spiro atoms. The van der Waals surface area contributed by atoms with Gasteiger partial charge in [0.25, 0.3) is 5.91 Å². The summed E-state index contributed by atoms with van der Waals surface area (Å²) in [6.07, 6.45) is -2.88. The van der Waals surface area contributed by atoms with Crippen LogP contribution in [0, 0.1) is 0 Å². The molecule has 0 saturated heterocycles. The molecule has 3 rings (SSSR count). The summed E-state index contributed by atoms with van der Waals surface area (Å²) in [5.74, 6) is -2.02. The van der Waals surface area contributed by atoms with Gasteiger partial charge in [-0.1, -0.05) is 23.7 Å². The number of para-hydroxylation sites is 2. The lowest BCUT2D eigenvalue weighted by atomic mass is 10.3. The molecule has 28 heavy (non-hydrogen) atoms. The van der Waals surface area contributed by atoms with Crippen molar-refractivity contribution in [2.45, 2.75) is 6.18 Å². The van der Waals surface area contributed by atoms with Crippen LogP contribution < -0.4 is 5.32 Å². The zero-order valence-electron chi connectivity index (χ0n) is 13.8. The van der Waals surface area contributed by atoms with E-state index in [9.17, 15) is 22.8 Å². The monoisotopic (exact) mass is 410 g/mol. The van der Waals surface area contributed by atoms with Crippen LogP contribution in [-0.2, 0) is 15.7 Å². The van der Waals surface area contributed by atoms with E-state index in [2.05, 4.69) is 20.3 Å². The molecule has 0 fully saturated rings. The van der Waals surface area contributed by atoms with E-state index in [1.165, 1.54) is 6.20 Å². The number of halogens is 4. The van der Waals surface area contributed by atoms with Crippen molar-refractivity contribution in [1.82, 2.24) is 15.0 Å². The number of nitrogens with one attached hydrogen (secondary N) is 1. The second-order valence-electron chi connectivity index (χ2n) is 5.42. The molecule has 1 aromatic carbocycles. The van der Waals surface area contributed by atoms with E-state index in [4.69, 9.17) is 16.3 Å². The van der Waals surface area contributed by atoms with Crippen LogP contribution in [0.25, 0.3) is 11.0 Å². The fraction of sp³-hybridized carbons (Fsp3) is 0.118. The molecular formula is C17H10ClF3N4O3. The highest BCUT2D eigenvalue weighted by atomic mass is 35.5. The van der Waals surface area contributed by atoms with Gasteiger partial charge >= 0.3 is 12.1 Å². The van der Waals surface area contributed by atoms with Crippen molar-refractivity contribution in [2.24, 2.45) is 0 Å². The first kappa shape index (κ1) is 19.5. The molecule has 0 unspecified atom stereocenters. The third-order valence-electron chi connectivity index (χ3n) is 3.42. The van der Waals surface area contributed by atoms with Gasteiger partial charge in [0.15, 0.2) is 18.1 Å². The largest absolute Gasteiger partial charge is 0.451 e. The van der Waals surface area contributed by atoms with Crippen LogP contribution in [0.3, 0.4) is 0 Å². The normalized spacial score (nSPS) is 11.3. The molecule has 144 valence electrons. The Morgan fingerprint density at radius 3 is 2.50 bits per heavy atom. The average molecular weight is 411 g/mol. The van der Waals surface area contributed by atoms with Gasteiger partial charge in [-0.15, -0.1) is 0 Å². The standard InChI is InChI=1S/C17H10ClF3N4O3/c18-10-5-9(17(19,20)21)6-23-15(10)25-14(26)8-28-16(27)13-7-22-11-3-1-2-4-12(11)24-13/h1-7H,8H2,(H,23,25,26). The fourth-order valence-corrected chi connectivity index (χ4v) is 2.33. The lowest BCUT2D eigenvalue weighted by Gasteiger charge is -2.10. The van der Waals surface area contributed by atoms with Crippen molar-refractivity contribution >= 4 is 40.3 Å². The lowest BCUT2D eigenvalue weighted by Crippen LogP contribution is -2.22. The molecule has 0 aliphatic rings. The molecular weight excluding hydrogens is 401 g/mol. The number of ether oxygens (including phenoxy) is 1. The Kier molecular flexibility index (Phi) is 5.41. The van der Waals surface area contributed by atoms with Gasteiger partial charge in [0.05, 0.1) is 27.8 Å². The first-order valence-corrected chi connectivity index (χ1v) is 8.03. The molecule has 2 heterocycles. The van der Waals surface area contributed by atoms with Gasteiger partial charge in [-0.2, -0.15) is 13.2 Å². The van der Waals surface area contributed by atoms with E-state index in [0.717, 1.165) is 0 Å². The number of amides is 1. The number of pyridine rings is 1. The zero-order valence-corrected chi connectivity index (χ0v) is 14.6. The van der Waals surface area contributed by atoms with Crippen molar-refractivity contribution < 1.29 is 27.5 Å². The number of aromatic nitrogens is 3. The van der Waals surface area contributed by atoms with Crippen LogP contribution in [0.2, 0.25) is 5.02 Å². The van der Waals surface area contributed by atoms with Crippen molar-refractivity contribution in [3.05, 3.63) is 59.0 Å². The van der Waals surface area contributed by atoms with E-state index in [1.807, 2.05) is 0 Å². The minimum absolute atomic E-state index is 0.0998. The number of hydrogen-bond donors (Lipinski definition) is 1. The van der Waals surface area contributed by atoms with Crippen molar-refractivity contribution in [2.75, 3.05) is 11.9 Å². The highest BCUT2D eigenvalue weighted by Crippen LogP contribution is 2.32. The van der Waals surface area contributed by atoms with Gasteiger partial charge in [-0.05, 0) is 18.2 Å². The zero-order chi connectivity index (χ0) is 20.3. The van der Waals surface area contributed by atoms with Crippen LogP contribution in [-0.4, -0.2) is 33.4 Å². The summed E-state index contributed by atoms with van der Waals surface area (Å²) in [5, 5.41) is 1.76. The Bertz CT molecular complexity index is 1060. The third kappa shape index (κ3) is 4.52. The number of anilines is 1. The summed E-state index contributed by atoms with van der Waals surface area (Å²) < 4.78 is 42.6. The maximum Gasteiger partial charge on any atom is 0.417 e. The maximum atomic E-state index is 12.6. The maximum absolute atomic E-state index is 12.6. The molecule has 0 aliphatic heterocycles. The molecule has 0 aliphatic carbocycles. The predicted octanol–water partition coefficient (Wildman–Crippen LogP) is 3.49. The molecule has 2 aromatic heterocycles. The SMILES string of the molecule is O=C(COC(=O)c1cnc2ccccc2n1)Nc1ncc(C(F)(F)F)cc1Cl. The summed E-state index contributed by atoms with van der Waals surface area (Å²) >= 11 is 5.69. The van der Waals surface area contributed by atoms with E-state index >= 15 is 0 Å². The van der Waals surface area contributed by atoms with Gasteiger partial charge in [0, 0.05) is 6.20 Å². The first-order chi connectivity index (χ1) is 13.2. The summed E-state index contributed by atoms with van der Waals surface area (Å²) in [6, 6.07) is 7.48. The Morgan fingerprint density at radius 2 is 1.82 bits per heavy atom. The lowest BCUT2D eigenvalue weighted by molar-refractivity contribution is -0.137. The van der Waals surface area contributed by atoms with Gasteiger partial charge in [0.2, 0.25) is 0 Å². The summed E-state index contributed by atoms with van der Waals surface area (Å²) in [4.78, 5) is 35.4. The number of benzene rings is 1. The summed E-state index contributed by atoms with van der Waals surface area (Å²) in [6.45, 7) is -0.716. The van der Waals surface area contributed by atoms with Crippen molar-refractivity contribution in [3.63, 3.8) is 0 Å². The molecule has 7 nitrogen and oxygen atoms in total. The Hall–Kier alpha value is -3.27.